The molecule has 3 nitrogen and oxygen atoms in total. The Balaban J connectivity index is 2.01. The highest BCUT2D eigenvalue weighted by Gasteiger charge is 2.30. The number of nitrogens with one attached hydrogen (secondary N) is 1. The van der Waals surface area contributed by atoms with E-state index in [2.05, 4.69) is 26.5 Å². The molecule has 1 N–H and O–H groups in total. The number of alkyl halides is 3. The fourth-order valence-corrected chi connectivity index (χ4v) is 2.77. The van der Waals surface area contributed by atoms with Crippen molar-refractivity contribution < 1.29 is 18.0 Å². The Morgan fingerprint density at radius 1 is 1.24 bits per heavy atom. The first-order valence-electron chi connectivity index (χ1n) is 5.60. The van der Waals surface area contributed by atoms with Crippen LogP contribution >= 0.6 is 27.3 Å². The average molecular weight is 377 g/mol. The van der Waals surface area contributed by atoms with Gasteiger partial charge in [0.15, 0.2) is 0 Å². The molecule has 1 aromatic heterocycles. The second-order valence-electron chi connectivity index (χ2n) is 3.95. The van der Waals surface area contributed by atoms with Crippen LogP contribution in [0.25, 0.3) is 0 Å². The molecule has 2 aromatic rings. The maximum absolute atomic E-state index is 12.4. The van der Waals surface area contributed by atoms with Gasteiger partial charge in [-0.25, -0.2) is 5.43 Å². The summed E-state index contributed by atoms with van der Waals surface area (Å²) >= 11 is 4.77. The number of halogens is 4. The van der Waals surface area contributed by atoms with E-state index in [4.69, 9.17) is 0 Å². The minimum Gasteiger partial charge on any atom is -0.267 e. The number of rotatable bonds is 3. The van der Waals surface area contributed by atoms with Gasteiger partial charge in [-0.1, -0.05) is 0 Å². The van der Waals surface area contributed by atoms with Gasteiger partial charge in [-0.2, -0.15) is 29.6 Å². The zero-order valence-electron chi connectivity index (χ0n) is 10.3. The summed E-state index contributed by atoms with van der Waals surface area (Å²) in [7, 11) is 0. The van der Waals surface area contributed by atoms with E-state index in [1.165, 1.54) is 17.6 Å². The van der Waals surface area contributed by atoms with Gasteiger partial charge in [-0.15, -0.1) is 0 Å². The maximum atomic E-state index is 12.4. The van der Waals surface area contributed by atoms with Crippen molar-refractivity contribution in [3.8, 4) is 0 Å². The number of carbonyl (C=O) groups is 1. The molecular formula is C13H8BrF3N2OS. The molecule has 0 radical (unpaired) electrons. The first-order valence-corrected chi connectivity index (χ1v) is 7.34. The Kier molecular flexibility index (Phi) is 4.79. The highest BCUT2D eigenvalue weighted by atomic mass is 79.9. The lowest BCUT2D eigenvalue weighted by molar-refractivity contribution is -0.137. The lowest BCUT2D eigenvalue weighted by Crippen LogP contribution is -2.17. The number of hydrazone groups is 1. The standard InChI is InChI=1S/C13H8BrF3N2OS/c14-11-7-21-6-9(11)5-18-19-12(20)8-1-3-10(4-2-8)13(15,16)17/h1-7H,(H,19,20). The summed E-state index contributed by atoms with van der Waals surface area (Å²) in [6.07, 6.45) is -2.97. The molecule has 8 heteroatoms. The number of thiophene rings is 1. The summed E-state index contributed by atoms with van der Waals surface area (Å²) in [5, 5.41) is 7.44. The predicted molar refractivity (Wildman–Crippen MR) is 78.5 cm³/mol. The van der Waals surface area contributed by atoms with Crippen LogP contribution in [0.4, 0.5) is 13.2 Å². The molecule has 1 amide bonds. The van der Waals surface area contributed by atoms with Crippen molar-refractivity contribution in [3.63, 3.8) is 0 Å². The highest BCUT2D eigenvalue weighted by Crippen LogP contribution is 2.29. The van der Waals surface area contributed by atoms with Crippen LogP contribution in [0.1, 0.15) is 21.5 Å². The molecular weight excluding hydrogens is 369 g/mol. The van der Waals surface area contributed by atoms with E-state index in [9.17, 15) is 18.0 Å². The minimum absolute atomic E-state index is 0.101. The summed E-state index contributed by atoms with van der Waals surface area (Å²) < 4.78 is 38.0. The molecule has 0 aliphatic rings. The number of hydrogen-bond donors (Lipinski definition) is 1. The van der Waals surface area contributed by atoms with E-state index < -0.39 is 17.6 Å². The molecule has 0 bridgehead atoms. The van der Waals surface area contributed by atoms with E-state index in [0.717, 1.165) is 34.3 Å². The van der Waals surface area contributed by atoms with Gasteiger partial charge in [-0.3, -0.25) is 4.79 Å². The molecule has 110 valence electrons. The number of nitrogens with zero attached hydrogens (tertiary/aromatic N) is 1. The summed E-state index contributed by atoms with van der Waals surface area (Å²) in [6.45, 7) is 0. The molecule has 0 saturated heterocycles. The predicted octanol–water partition coefficient (Wildman–Crippen LogP) is 4.29. The Labute approximate surface area is 130 Å². The van der Waals surface area contributed by atoms with Crippen molar-refractivity contribution in [1.29, 1.82) is 0 Å². The number of hydrogen-bond acceptors (Lipinski definition) is 3. The van der Waals surface area contributed by atoms with Crippen LogP contribution in [0.5, 0.6) is 0 Å². The Bertz CT molecular complexity index is 665. The monoisotopic (exact) mass is 376 g/mol. The van der Waals surface area contributed by atoms with E-state index in [1.807, 2.05) is 10.8 Å². The molecule has 21 heavy (non-hydrogen) atoms. The zero-order chi connectivity index (χ0) is 15.5. The van der Waals surface area contributed by atoms with Gasteiger partial charge in [0.2, 0.25) is 0 Å². The van der Waals surface area contributed by atoms with Gasteiger partial charge in [0.1, 0.15) is 0 Å². The first-order chi connectivity index (χ1) is 9.88. The number of benzene rings is 1. The molecule has 0 spiro atoms. The fourth-order valence-electron chi connectivity index (χ4n) is 1.42. The average Bonchev–Trinajstić information content (AvgIpc) is 2.83. The lowest BCUT2D eigenvalue weighted by Gasteiger charge is -2.06. The number of amides is 1. The van der Waals surface area contributed by atoms with E-state index in [-0.39, 0.29) is 5.56 Å². The summed E-state index contributed by atoms with van der Waals surface area (Å²) in [5.74, 6) is -0.577. The number of carbonyl (C=O) groups excluding carboxylic acids is 1. The third-order valence-corrected chi connectivity index (χ3v) is 4.24. The fraction of sp³-hybridized carbons (Fsp3) is 0.0769. The molecule has 0 aliphatic carbocycles. The normalized spacial score (nSPS) is 11.8. The third kappa shape index (κ3) is 4.15. The van der Waals surface area contributed by atoms with Crippen molar-refractivity contribution >= 4 is 39.4 Å². The van der Waals surface area contributed by atoms with Crippen molar-refractivity contribution in [2.75, 3.05) is 0 Å². The van der Waals surface area contributed by atoms with Crippen LogP contribution < -0.4 is 5.43 Å². The molecule has 0 unspecified atom stereocenters. The second kappa shape index (κ2) is 6.40. The lowest BCUT2D eigenvalue weighted by atomic mass is 10.1. The van der Waals surface area contributed by atoms with E-state index in [0.29, 0.717) is 0 Å². The topological polar surface area (TPSA) is 41.5 Å². The van der Waals surface area contributed by atoms with Crippen molar-refractivity contribution in [2.24, 2.45) is 5.10 Å². The minimum atomic E-state index is -4.42. The second-order valence-corrected chi connectivity index (χ2v) is 5.55. The van der Waals surface area contributed by atoms with Gasteiger partial charge < -0.3 is 0 Å². The Morgan fingerprint density at radius 3 is 2.43 bits per heavy atom. The molecule has 0 atom stereocenters. The quantitative estimate of drug-likeness (QED) is 0.629. The Hall–Kier alpha value is -1.67. The van der Waals surface area contributed by atoms with E-state index in [1.54, 1.807) is 0 Å². The van der Waals surface area contributed by atoms with Gasteiger partial charge in [0, 0.05) is 26.4 Å². The van der Waals surface area contributed by atoms with Crippen LogP contribution in [0, 0.1) is 0 Å². The zero-order valence-corrected chi connectivity index (χ0v) is 12.7. The first kappa shape index (κ1) is 15.7. The molecule has 0 aliphatic heterocycles. The summed E-state index contributed by atoms with van der Waals surface area (Å²) in [5.41, 5.74) is 2.35. The molecule has 0 fully saturated rings. The van der Waals surface area contributed by atoms with Crippen LogP contribution in [-0.2, 0) is 6.18 Å². The van der Waals surface area contributed by atoms with Gasteiger partial charge in [0.25, 0.3) is 5.91 Å². The van der Waals surface area contributed by atoms with E-state index >= 15 is 0 Å². The van der Waals surface area contributed by atoms with Crippen LogP contribution in [0.2, 0.25) is 0 Å². The third-order valence-electron chi connectivity index (χ3n) is 2.49. The summed E-state index contributed by atoms with van der Waals surface area (Å²) in [4.78, 5) is 11.7. The molecule has 0 saturated carbocycles. The highest BCUT2D eigenvalue weighted by molar-refractivity contribution is 9.10. The van der Waals surface area contributed by atoms with Crippen LogP contribution in [0.15, 0.2) is 44.6 Å². The van der Waals surface area contributed by atoms with Crippen molar-refractivity contribution in [1.82, 2.24) is 5.43 Å². The molecule has 2 rings (SSSR count). The van der Waals surface area contributed by atoms with Gasteiger partial charge in [-0.05, 0) is 40.2 Å². The molecule has 1 heterocycles. The van der Waals surface area contributed by atoms with Crippen LogP contribution in [-0.4, -0.2) is 12.1 Å². The SMILES string of the molecule is O=C(NN=Cc1cscc1Br)c1ccc(C(F)(F)F)cc1. The van der Waals surface area contributed by atoms with Crippen molar-refractivity contribution in [2.45, 2.75) is 6.18 Å². The van der Waals surface area contributed by atoms with Gasteiger partial charge >= 0.3 is 6.18 Å². The van der Waals surface area contributed by atoms with Crippen LogP contribution in [0.3, 0.4) is 0 Å². The van der Waals surface area contributed by atoms with Gasteiger partial charge in [0.05, 0.1) is 11.8 Å². The Morgan fingerprint density at radius 2 is 1.90 bits per heavy atom. The molecule has 1 aromatic carbocycles. The largest absolute Gasteiger partial charge is 0.416 e. The summed E-state index contributed by atoms with van der Waals surface area (Å²) in [6, 6.07) is 3.92. The smallest absolute Gasteiger partial charge is 0.267 e. The van der Waals surface area contributed by atoms with Crippen molar-refractivity contribution in [3.05, 3.63) is 56.2 Å². The maximum Gasteiger partial charge on any atom is 0.416 e.